The first kappa shape index (κ1) is 21.3. The maximum Gasteiger partial charge on any atom is 0.345 e. The third kappa shape index (κ3) is 6.52. The average Bonchev–Trinajstić information content (AvgIpc) is 2.36. The van der Waals surface area contributed by atoms with Gasteiger partial charge in [-0.15, -0.1) is 0 Å². The van der Waals surface area contributed by atoms with Gasteiger partial charge in [-0.25, -0.2) is 0 Å². The summed E-state index contributed by atoms with van der Waals surface area (Å²) in [5.41, 5.74) is 0. The first-order valence-electron chi connectivity index (χ1n) is 7.57. The Morgan fingerprint density at radius 2 is 1.00 bits per heavy atom. The van der Waals surface area contributed by atoms with Crippen molar-refractivity contribution in [2.45, 2.75) is 53.4 Å². The minimum atomic E-state index is -3.58. The van der Waals surface area contributed by atoms with E-state index in [0.29, 0.717) is 6.42 Å². The zero-order valence-electron chi connectivity index (χ0n) is 14.0. The molecule has 128 valence electrons. The van der Waals surface area contributed by atoms with Gasteiger partial charge >= 0.3 is 15.2 Å². The van der Waals surface area contributed by atoms with Gasteiger partial charge in [-0.1, -0.05) is 13.8 Å². The summed E-state index contributed by atoms with van der Waals surface area (Å²) in [4.78, 5) is 0. The predicted molar refractivity (Wildman–Crippen MR) is 85.0 cm³/mol. The molecule has 0 atom stereocenters. The quantitative estimate of drug-likeness (QED) is 0.469. The summed E-state index contributed by atoms with van der Waals surface area (Å²) in [5.74, 6) is 0.151. The van der Waals surface area contributed by atoms with Crippen molar-refractivity contribution in [3.8, 4) is 0 Å². The molecule has 0 fully saturated rings. The van der Waals surface area contributed by atoms with Crippen molar-refractivity contribution in [3.63, 3.8) is 0 Å². The van der Waals surface area contributed by atoms with Crippen LogP contribution in [-0.4, -0.2) is 31.8 Å². The standard InChI is InChI=1S/C13H30O6P2/c1-7-16-20(14,17-8-2)13(11-12(5)6)21(15,18-9-3)19-10-4/h12-13H,7-11H2,1-6H3. The molecule has 0 aliphatic heterocycles. The molecule has 0 rings (SSSR count). The molecule has 21 heavy (non-hydrogen) atoms. The van der Waals surface area contributed by atoms with Crippen molar-refractivity contribution >= 4 is 15.2 Å². The molecule has 0 N–H and O–H groups in total. The molecule has 0 aromatic rings. The molecule has 0 aromatic heterocycles. The van der Waals surface area contributed by atoms with Gasteiger partial charge in [0.1, 0.15) is 0 Å². The zero-order valence-corrected chi connectivity index (χ0v) is 15.8. The summed E-state index contributed by atoms with van der Waals surface area (Å²) >= 11 is 0. The van der Waals surface area contributed by atoms with Crippen LogP contribution >= 0.6 is 15.2 Å². The maximum atomic E-state index is 13.1. The second-order valence-electron chi connectivity index (χ2n) is 4.86. The van der Waals surface area contributed by atoms with Crippen molar-refractivity contribution in [2.24, 2.45) is 5.92 Å². The van der Waals surface area contributed by atoms with Crippen molar-refractivity contribution in [1.29, 1.82) is 0 Å². The summed E-state index contributed by atoms with van der Waals surface area (Å²) < 4.78 is 47.6. The summed E-state index contributed by atoms with van der Waals surface area (Å²) in [6.45, 7) is 11.7. The van der Waals surface area contributed by atoms with E-state index in [-0.39, 0.29) is 32.3 Å². The molecule has 0 saturated carbocycles. The molecule has 0 radical (unpaired) electrons. The molecular weight excluding hydrogens is 314 g/mol. The molecule has 0 saturated heterocycles. The first-order valence-corrected chi connectivity index (χ1v) is 10.8. The highest BCUT2D eigenvalue weighted by molar-refractivity contribution is 7.72. The average molecular weight is 344 g/mol. The highest BCUT2D eigenvalue weighted by Crippen LogP contribution is 2.71. The number of rotatable bonds is 12. The minimum absolute atomic E-state index is 0.151. The Labute approximate surface area is 128 Å². The van der Waals surface area contributed by atoms with E-state index < -0.39 is 20.6 Å². The Hall–Kier alpha value is 0.300. The van der Waals surface area contributed by atoms with Crippen molar-refractivity contribution < 1.29 is 27.2 Å². The number of hydrogen-bond acceptors (Lipinski definition) is 6. The third-order valence-electron chi connectivity index (χ3n) is 2.65. The lowest BCUT2D eigenvalue weighted by Crippen LogP contribution is -2.19. The molecule has 0 bridgehead atoms. The lowest BCUT2D eigenvalue weighted by Gasteiger charge is -2.32. The van der Waals surface area contributed by atoms with Gasteiger partial charge < -0.3 is 18.1 Å². The Morgan fingerprint density at radius 3 is 1.19 bits per heavy atom. The third-order valence-corrected chi connectivity index (χ3v) is 8.70. The van der Waals surface area contributed by atoms with Crippen molar-refractivity contribution in [1.82, 2.24) is 0 Å². The highest BCUT2D eigenvalue weighted by Gasteiger charge is 2.50. The largest absolute Gasteiger partial charge is 0.345 e. The predicted octanol–water partition coefficient (Wildman–Crippen LogP) is 4.89. The second-order valence-corrected chi connectivity index (χ2v) is 9.71. The van der Waals surface area contributed by atoms with E-state index in [0.717, 1.165) is 0 Å². The fourth-order valence-corrected chi connectivity index (χ4v) is 7.81. The minimum Gasteiger partial charge on any atom is -0.308 e. The summed E-state index contributed by atoms with van der Waals surface area (Å²) in [7, 11) is -7.15. The van der Waals surface area contributed by atoms with E-state index in [1.165, 1.54) is 0 Å². The van der Waals surface area contributed by atoms with Gasteiger partial charge in [0.25, 0.3) is 0 Å². The maximum absolute atomic E-state index is 13.1. The van der Waals surface area contributed by atoms with Crippen LogP contribution < -0.4 is 0 Å². The van der Waals surface area contributed by atoms with E-state index in [4.69, 9.17) is 18.1 Å². The van der Waals surface area contributed by atoms with Gasteiger partial charge in [0.2, 0.25) is 0 Å². The molecule has 0 aliphatic carbocycles. The Bertz CT molecular complexity index is 322. The lowest BCUT2D eigenvalue weighted by atomic mass is 10.2. The Kier molecular flexibility index (Phi) is 10.3. The highest BCUT2D eigenvalue weighted by atomic mass is 31.2. The molecule has 0 aromatic carbocycles. The van der Waals surface area contributed by atoms with Gasteiger partial charge in [-0.3, -0.25) is 9.13 Å². The van der Waals surface area contributed by atoms with Crippen LogP contribution in [0.25, 0.3) is 0 Å². The first-order chi connectivity index (χ1) is 9.79. The zero-order chi connectivity index (χ0) is 16.5. The van der Waals surface area contributed by atoms with Gasteiger partial charge in [-0.2, -0.15) is 0 Å². The molecule has 0 heterocycles. The Morgan fingerprint density at radius 1 is 0.714 bits per heavy atom. The van der Waals surface area contributed by atoms with Crippen LogP contribution in [0.4, 0.5) is 0 Å². The van der Waals surface area contributed by atoms with Crippen molar-refractivity contribution in [3.05, 3.63) is 0 Å². The summed E-state index contributed by atoms with van der Waals surface area (Å²) in [6, 6.07) is 0. The molecular formula is C13H30O6P2. The van der Waals surface area contributed by atoms with Crippen LogP contribution in [0.1, 0.15) is 48.0 Å². The Balaban J connectivity index is 5.68. The van der Waals surface area contributed by atoms with Gasteiger partial charge in [-0.05, 0) is 40.0 Å². The monoisotopic (exact) mass is 344 g/mol. The van der Waals surface area contributed by atoms with Crippen LogP contribution in [0.15, 0.2) is 0 Å². The van der Waals surface area contributed by atoms with Crippen LogP contribution in [0.3, 0.4) is 0 Å². The smallest absolute Gasteiger partial charge is 0.308 e. The molecule has 0 unspecified atom stereocenters. The molecule has 0 spiro atoms. The van der Waals surface area contributed by atoms with Crippen molar-refractivity contribution in [2.75, 3.05) is 26.4 Å². The molecule has 0 aliphatic rings. The summed E-state index contributed by atoms with van der Waals surface area (Å²) in [6.07, 6.45) is 0.383. The lowest BCUT2D eigenvalue weighted by molar-refractivity contribution is 0.191. The van der Waals surface area contributed by atoms with Crippen LogP contribution in [0, 0.1) is 5.92 Å². The normalized spacial score (nSPS) is 13.3. The van der Waals surface area contributed by atoms with E-state index in [1.54, 1.807) is 27.7 Å². The van der Waals surface area contributed by atoms with Crippen LogP contribution in [0.2, 0.25) is 0 Å². The van der Waals surface area contributed by atoms with E-state index in [2.05, 4.69) is 0 Å². The SMILES string of the molecule is CCOP(=O)(OCC)C(CC(C)C)P(=O)(OCC)OCC. The summed E-state index contributed by atoms with van der Waals surface area (Å²) in [5, 5.41) is -0.898. The second kappa shape index (κ2) is 10.1. The fourth-order valence-electron chi connectivity index (χ4n) is 1.99. The van der Waals surface area contributed by atoms with E-state index in [1.807, 2.05) is 13.8 Å². The van der Waals surface area contributed by atoms with Gasteiger partial charge in [0.05, 0.1) is 26.4 Å². The fraction of sp³-hybridized carbons (Fsp3) is 1.00. The van der Waals surface area contributed by atoms with E-state index in [9.17, 15) is 9.13 Å². The molecule has 6 nitrogen and oxygen atoms in total. The van der Waals surface area contributed by atoms with Crippen LogP contribution in [0.5, 0.6) is 0 Å². The molecule has 0 amide bonds. The number of hydrogen-bond donors (Lipinski definition) is 0. The molecule has 8 heteroatoms. The van der Waals surface area contributed by atoms with Gasteiger partial charge in [0, 0.05) is 0 Å². The topological polar surface area (TPSA) is 71.1 Å². The van der Waals surface area contributed by atoms with E-state index >= 15 is 0 Å². The van der Waals surface area contributed by atoms with Gasteiger partial charge in [0.15, 0.2) is 5.40 Å². The van der Waals surface area contributed by atoms with Crippen LogP contribution in [-0.2, 0) is 27.2 Å².